The lowest BCUT2D eigenvalue weighted by atomic mass is 9.90. The summed E-state index contributed by atoms with van der Waals surface area (Å²) >= 11 is 0. The number of nitrogens with zero attached hydrogens (tertiary/aromatic N) is 2. The molecule has 13 heteroatoms. The second-order valence-corrected chi connectivity index (χ2v) is 10.9. The summed E-state index contributed by atoms with van der Waals surface area (Å²) in [6.45, 7) is 3.03. The number of imide groups is 1. The number of urea groups is 1. The number of amides is 3. The van der Waals surface area contributed by atoms with Crippen molar-refractivity contribution in [2.75, 3.05) is 0 Å². The standard InChI is InChI=1S/C32H27F6N3O4/c1-3-6-21-16-23(30(44,31(33,34)35)32(36,37)38)11-12-26(21)45-25-13-14-39-24(17-25)18-41-27(42)29(2,40-28(41)43)22-10-9-19-7-4-5-8-20(19)15-22/h4-5,7-17,44H,3,6,18H2,1-2H3,(H,40,43). The number of aromatic nitrogens is 1. The van der Waals surface area contributed by atoms with E-state index in [0.717, 1.165) is 21.7 Å². The number of hydrogen-bond donors (Lipinski definition) is 2. The monoisotopic (exact) mass is 631 g/mol. The van der Waals surface area contributed by atoms with Crippen molar-refractivity contribution in [3.8, 4) is 11.5 Å². The van der Waals surface area contributed by atoms with Crippen LogP contribution in [0.3, 0.4) is 0 Å². The van der Waals surface area contributed by atoms with Gasteiger partial charge in [-0.05, 0) is 59.5 Å². The van der Waals surface area contributed by atoms with Gasteiger partial charge in [-0.25, -0.2) is 4.79 Å². The molecule has 2 heterocycles. The molecule has 3 amide bonds. The average molecular weight is 632 g/mol. The summed E-state index contributed by atoms with van der Waals surface area (Å²) in [7, 11) is 0. The highest BCUT2D eigenvalue weighted by Gasteiger charge is 2.71. The third-order valence-corrected chi connectivity index (χ3v) is 7.76. The molecule has 0 radical (unpaired) electrons. The van der Waals surface area contributed by atoms with E-state index in [4.69, 9.17) is 4.74 Å². The van der Waals surface area contributed by atoms with Gasteiger partial charge in [0.15, 0.2) is 0 Å². The zero-order chi connectivity index (χ0) is 32.8. The van der Waals surface area contributed by atoms with Crippen LogP contribution in [0.1, 0.15) is 42.7 Å². The first-order valence-corrected chi connectivity index (χ1v) is 13.8. The molecule has 1 aromatic heterocycles. The number of ether oxygens (including phenoxy) is 1. The van der Waals surface area contributed by atoms with Gasteiger partial charge in [-0.2, -0.15) is 26.3 Å². The Balaban J connectivity index is 1.39. The number of benzene rings is 3. The third kappa shape index (κ3) is 5.68. The van der Waals surface area contributed by atoms with Gasteiger partial charge in [-0.3, -0.25) is 14.7 Å². The molecule has 1 aliphatic rings. The normalized spacial score (nSPS) is 17.6. The Kier molecular flexibility index (Phi) is 8.02. The van der Waals surface area contributed by atoms with Crippen molar-refractivity contribution in [1.82, 2.24) is 15.2 Å². The van der Waals surface area contributed by atoms with Crippen molar-refractivity contribution in [3.05, 3.63) is 101 Å². The summed E-state index contributed by atoms with van der Waals surface area (Å²) in [6, 6.07) is 17.2. The van der Waals surface area contributed by atoms with Gasteiger partial charge in [0.05, 0.1) is 12.2 Å². The molecule has 0 spiro atoms. The van der Waals surface area contributed by atoms with Gasteiger partial charge >= 0.3 is 18.4 Å². The molecule has 1 fully saturated rings. The minimum Gasteiger partial charge on any atom is -0.457 e. The first kappa shape index (κ1) is 31.8. The lowest BCUT2D eigenvalue weighted by molar-refractivity contribution is -0.376. The van der Waals surface area contributed by atoms with Crippen LogP contribution in [0.2, 0.25) is 0 Å². The number of carbonyl (C=O) groups is 2. The summed E-state index contributed by atoms with van der Waals surface area (Å²) < 4.78 is 86.6. The van der Waals surface area contributed by atoms with E-state index in [9.17, 15) is 41.0 Å². The van der Waals surface area contributed by atoms with Gasteiger partial charge in [0.25, 0.3) is 11.5 Å². The molecule has 0 aliphatic carbocycles. The van der Waals surface area contributed by atoms with Crippen molar-refractivity contribution < 1.29 is 45.8 Å². The van der Waals surface area contributed by atoms with Crippen molar-refractivity contribution in [2.24, 2.45) is 0 Å². The highest BCUT2D eigenvalue weighted by Crippen LogP contribution is 2.50. The smallest absolute Gasteiger partial charge is 0.430 e. The number of nitrogens with one attached hydrogen (secondary N) is 1. The Morgan fingerprint density at radius 2 is 1.60 bits per heavy atom. The second-order valence-electron chi connectivity index (χ2n) is 10.9. The molecule has 1 atom stereocenters. The highest BCUT2D eigenvalue weighted by atomic mass is 19.4. The Hall–Kier alpha value is -4.65. The summed E-state index contributed by atoms with van der Waals surface area (Å²) in [4.78, 5) is 31.7. The molecule has 45 heavy (non-hydrogen) atoms. The maximum Gasteiger partial charge on any atom is 0.430 e. The number of aryl methyl sites for hydroxylation is 1. The zero-order valence-corrected chi connectivity index (χ0v) is 24.0. The molecule has 236 valence electrons. The van der Waals surface area contributed by atoms with Gasteiger partial charge in [-0.1, -0.05) is 55.8 Å². The quantitative estimate of drug-likeness (QED) is 0.158. The van der Waals surface area contributed by atoms with Crippen LogP contribution in [0.15, 0.2) is 79.0 Å². The number of hydrogen-bond acceptors (Lipinski definition) is 5. The first-order chi connectivity index (χ1) is 21.1. The molecule has 1 aliphatic heterocycles. The maximum absolute atomic E-state index is 13.5. The molecule has 1 saturated heterocycles. The zero-order valence-electron chi connectivity index (χ0n) is 24.0. The summed E-state index contributed by atoms with van der Waals surface area (Å²) in [5.74, 6) is -0.446. The number of rotatable bonds is 8. The van der Waals surface area contributed by atoms with Crippen LogP contribution in [0, 0.1) is 0 Å². The Morgan fingerprint density at radius 3 is 2.27 bits per heavy atom. The van der Waals surface area contributed by atoms with Gasteiger partial charge in [-0.15, -0.1) is 0 Å². The van der Waals surface area contributed by atoms with Gasteiger partial charge < -0.3 is 15.2 Å². The molecular weight excluding hydrogens is 604 g/mol. The SMILES string of the molecule is CCCc1cc(C(O)(C(F)(F)F)C(F)(F)F)ccc1Oc1ccnc(CN2C(=O)NC(C)(c3ccc4ccccc4c3)C2=O)c1. The molecule has 0 bridgehead atoms. The lowest BCUT2D eigenvalue weighted by Crippen LogP contribution is -2.53. The van der Waals surface area contributed by atoms with Crippen molar-refractivity contribution in [2.45, 2.75) is 56.7 Å². The number of carbonyl (C=O) groups excluding carboxylic acids is 2. The van der Waals surface area contributed by atoms with E-state index >= 15 is 0 Å². The number of pyridine rings is 1. The van der Waals surface area contributed by atoms with Crippen LogP contribution in [-0.2, 0) is 28.9 Å². The van der Waals surface area contributed by atoms with Crippen LogP contribution in [-0.4, -0.2) is 39.3 Å². The Labute approximate surface area is 253 Å². The predicted molar refractivity (Wildman–Crippen MR) is 151 cm³/mol. The predicted octanol–water partition coefficient (Wildman–Crippen LogP) is 7.26. The minimum absolute atomic E-state index is 0.000498. The molecule has 1 unspecified atom stereocenters. The topological polar surface area (TPSA) is 91.8 Å². The fraction of sp³-hybridized carbons (Fsp3) is 0.281. The molecular formula is C32H27F6N3O4. The first-order valence-electron chi connectivity index (χ1n) is 13.8. The number of fused-ring (bicyclic) bond motifs is 1. The van der Waals surface area contributed by atoms with Crippen molar-refractivity contribution >= 4 is 22.7 Å². The summed E-state index contributed by atoms with van der Waals surface area (Å²) in [6.07, 6.45) is -10.3. The molecule has 0 saturated carbocycles. The Morgan fingerprint density at radius 1 is 0.911 bits per heavy atom. The van der Waals surface area contributed by atoms with E-state index in [-0.39, 0.29) is 35.7 Å². The average Bonchev–Trinajstić information content (AvgIpc) is 3.20. The van der Waals surface area contributed by atoms with Gasteiger partial charge in [0.1, 0.15) is 17.0 Å². The highest BCUT2D eigenvalue weighted by molar-refractivity contribution is 6.07. The van der Waals surface area contributed by atoms with Crippen molar-refractivity contribution in [1.29, 1.82) is 0 Å². The largest absolute Gasteiger partial charge is 0.457 e. The van der Waals surface area contributed by atoms with E-state index in [1.807, 2.05) is 36.4 Å². The third-order valence-electron chi connectivity index (χ3n) is 7.76. The fourth-order valence-corrected chi connectivity index (χ4v) is 5.29. The van der Waals surface area contributed by atoms with Crippen LogP contribution >= 0.6 is 0 Å². The number of aliphatic hydroxyl groups is 1. The Bertz CT molecular complexity index is 1760. The van der Waals surface area contributed by atoms with E-state index in [0.29, 0.717) is 24.1 Å². The minimum atomic E-state index is -6.03. The number of alkyl halides is 6. The molecule has 7 nitrogen and oxygen atoms in total. The molecule has 2 N–H and O–H groups in total. The van der Waals surface area contributed by atoms with E-state index in [2.05, 4.69) is 10.3 Å². The number of halogens is 6. The van der Waals surface area contributed by atoms with Crippen LogP contribution in [0.5, 0.6) is 11.5 Å². The lowest BCUT2D eigenvalue weighted by Gasteiger charge is -2.33. The van der Waals surface area contributed by atoms with Crippen LogP contribution in [0.4, 0.5) is 31.1 Å². The summed E-state index contributed by atoms with van der Waals surface area (Å²) in [5.41, 5.74) is -6.99. The second kappa shape index (κ2) is 11.4. The van der Waals surface area contributed by atoms with Gasteiger partial charge in [0.2, 0.25) is 0 Å². The van der Waals surface area contributed by atoms with E-state index < -0.39 is 41.0 Å². The maximum atomic E-state index is 13.5. The summed E-state index contributed by atoms with van der Waals surface area (Å²) in [5, 5.41) is 14.4. The van der Waals surface area contributed by atoms with Crippen molar-refractivity contribution in [3.63, 3.8) is 0 Å². The molecule has 3 aromatic carbocycles. The molecule has 4 aromatic rings. The molecule has 5 rings (SSSR count). The van der Waals surface area contributed by atoms with Crippen LogP contribution < -0.4 is 10.1 Å². The van der Waals surface area contributed by atoms with Crippen LogP contribution in [0.25, 0.3) is 10.8 Å². The fourth-order valence-electron chi connectivity index (χ4n) is 5.29. The van der Waals surface area contributed by atoms with E-state index in [1.54, 1.807) is 19.9 Å². The van der Waals surface area contributed by atoms with Gasteiger partial charge in [0, 0.05) is 17.8 Å². The van der Waals surface area contributed by atoms with E-state index in [1.165, 1.54) is 18.3 Å².